The molecule has 0 heterocycles. The van der Waals surface area contributed by atoms with Gasteiger partial charge in [0.15, 0.2) is 5.75 Å². The highest BCUT2D eigenvalue weighted by molar-refractivity contribution is 9.11. The second kappa shape index (κ2) is 10.4. The smallest absolute Gasteiger partial charge is 0.347 e. The van der Waals surface area contributed by atoms with Crippen molar-refractivity contribution in [3.63, 3.8) is 0 Å². The summed E-state index contributed by atoms with van der Waals surface area (Å²) in [7, 11) is -3.93. The van der Waals surface area contributed by atoms with Crippen molar-refractivity contribution in [3.05, 3.63) is 44.8 Å². The third kappa shape index (κ3) is 6.92. The molecule has 0 aliphatic rings. The van der Waals surface area contributed by atoms with E-state index in [0.717, 1.165) is 0 Å². The number of halogens is 2. The lowest BCUT2D eigenvalue weighted by Gasteiger charge is -2.14. The number of rotatable bonds is 9. The highest BCUT2D eigenvalue weighted by Gasteiger charge is 2.21. The third-order valence-corrected chi connectivity index (χ3v) is 6.49. The van der Waals surface area contributed by atoms with E-state index in [9.17, 15) is 18.3 Å². The molecule has 0 aromatic heterocycles. The van der Waals surface area contributed by atoms with E-state index < -0.39 is 27.8 Å². The Morgan fingerprint density at radius 2 is 1.77 bits per heavy atom. The number of aromatic hydroxyl groups is 1. The summed E-state index contributed by atoms with van der Waals surface area (Å²) in [6.07, 6.45) is 0.248. The first-order valence-corrected chi connectivity index (χ1v) is 11.9. The molecule has 1 unspecified atom stereocenters. The average Bonchev–Trinajstić information content (AvgIpc) is 2.64. The molecular formula is C19H20Br2N2O7S. The number of benzene rings is 2. The van der Waals surface area contributed by atoms with E-state index in [-0.39, 0.29) is 16.7 Å². The van der Waals surface area contributed by atoms with Crippen molar-refractivity contribution in [3.8, 4) is 17.2 Å². The van der Waals surface area contributed by atoms with Gasteiger partial charge in [-0.2, -0.15) is 0 Å². The van der Waals surface area contributed by atoms with E-state index in [1.165, 1.54) is 31.3 Å². The fourth-order valence-electron chi connectivity index (χ4n) is 2.24. The Labute approximate surface area is 196 Å². The molecule has 0 radical (unpaired) electrons. The van der Waals surface area contributed by atoms with Crippen LogP contribution >= 0.6 is 31.9 Å². The van der Waals surface area contributed by atoms with E-state index in [1.807, 2.05) is 0 Å². The number of nitrogens with one attached hydrogen (secondary N) is 1. The molecule has 1 atom stereocenters. The first-order chi connectivity index (χ1) is 14.4. The van der Waals surface area contributed by atoms with Gasteiger partial charge in [-0.05, 0) is 82.5 Å². The van der Waals surface area contributed by atoms with Gasteiger partial charge in [0.2, 0.25) is 16.1 Å². The summed E-state index contributed by atoms with van der Waals surface area (Å²) >= 11 is 6.75. The molecule has 0 saturated carbocycles. The van der Waals surface area contributed by atoms with Gasteiger partial charge in [0.25, 0.3) is 0 Å². The Kier molecular flexibility index (Phi) is 8.46. The predicted octanol–water partition coefficient (Wildman–Crippen LogP) is 4.22. The van der Waals surface area contributed by atoms with E-state index in [1.54, 1.807) is 26.0 Å². The summed E-state index contributed by atoms with van der Waals surface area (Å²) in [4.78, 5) is 15.3. The summed E-state index contributed by atoms with van der Waals surface area (Å²) in [6, 6.07) is 6.82. The number of sulfonamides is 1. The quantitative estimate of drug-likeness (QED) is 0.299. The number of hydrogen-bond donors (Lipinski definition) is 3. The number of nitrogens with zero attached hydrogens (tertiary/aromatic N) is 1. The lowest BCUT2D eigenvalue weighted by Crippen LogP contribution is -2.30. The van der Waals surface area contributed by atoms with Gasteiger partial charge >= 0.3 is 5.97 Å². The average molecular weight is 580 g/mol. The van der Waals surface area contributed by atoms with Crippen molar-refractivity contribution in [1.82, 2.24) is 4.72 Å². The Balaban J connectivity index is 2.28. The molecule has 0 fully saturated rings. The monoisotopic (exact) mass is 578 g/mol. The number of ether oxygens (including phenoxy) is 1. The van der Waals surface area contributed by atoms with Crippen LogP contribution in [0.15, 0.2) is 49.3 Å². The van der Waals surface area contributed by atoms with Crippen molar-refractivity contribution >= 4 is 54.1 Å². The molecule has 0 aliphatic carbocycles. The summed E-state index contributed by atoms with van der Waals surface area (Å²) in [5, 5.41) is 22.4. The lowest BCUT2D eigenvalue weighted by atomic mass is 10.2. The Morgan fingerprint density at radius 3 is 2.32 bits per heavy atom. The van der Waals surface area contributed by atoms with E-state index >= 15 is 0 Å². The maximum atomic E-state index is 12.4. The van der Waals surface area contributed by atoms with Crippen LogP contribution in [0.25, 0.3) is 0 Å². The maximum Gasteiger partial charge on any atom is 0.347 e. The molecule has 2 rings (SSSR count). The molecule has 0 bridgehead atoms. The first-order valence-electron chi connectivity index (χ1n) is 8.85. The molecule has 3 N–H and O–H groups in total. The molecule has 31 heavy (non-hydrogen) atoms. The van der Waals surface area contributed by atoms with Gasteiger partial charge in [0.1, 0.15) is 16.4 Å². The Hall–Kier alpha value is -2.15. The maximum absolute atomic E-state index is 12.4. The van der Waals surface area contributed by atoms with Crippen LogP contribution < -0.4 is 9.46 Å². The van der Waals surface area contributed by atoms with Gasteiger partial charge in [0, 0.05) is 12.1 Å². The van der Waals surface area contributed by atoms with Crippen molar-refractivity contribution in [2.45, 2.75) is 37.8 Å². The molecule has 12 heteroatoms. The molecule has 0 saturated heterocycles. The number of hydrogen-bond acceptors (Lipinski definition) is 7. The van der Waals surface area contributed by atoms with Crippen molar-refractivity contribution in [1.29, 1.82) is 0 Å². The van der Waals surface area contributed by atoms with Gasteiger partial charge in [-0.15, -0.1) is 0 Å². The van der Waals surface area contributed by atoms with Gasteiger partial charge in [-0.25, -0.2) is 17.9 Å². The number of phenolic OH excluding ortho intramolecular Hbond substituents is 1. The highest BCUT2D eigenvalue weighted by Crippen LogP contribution is 2.39. The predicted molar refractivity (Wildman–Crippen MR) is 121 cm³/mol. The minimum Gasteiger partial charge on any atom is -0.507 e. The van der Waals surface area contributed by atoms with Gasteiger partial charge in [-0.1, -0.05) is 5.16 Å². The van der Waals surface area contributed by atoms with Crippen LogP contribution in [-0.4, -0.2) is 43.0 Å². The van der Waals surface area contributed by atoms with E-state index in [0.29, 0.717) is 20.3 Å². The van der Waals surface area contributed by atoms with Crippen molar-refractivity contribution < 1.29 is 33.0 Å². The third-order valence-electron chi connectivity index (χ3n) is 3.62. The summed E-state index contributed by atoms with van der Waals surface area (Å²) < 4.78 is 34.1. The molecule has 0 spiro atoms. The second-order valence-corrected chi connectivity index (χ2v) is 10.0. The van der Waals surface area contributed by atoms with Crippen molar-refractivity contribution in [2.24, 2.45) is 5.16 Å². The largest absolute Gasteiger partial charge is 0.507 e. The number of oxime groups is 1. The van der Waals surface area contributed by atoms with Crippen LogP contribution in [0, 0.1) is 0 Å². The molecule has 168 valence electrons. The summed E-state index contributed by atoms with van der Waals surface area (Å²) in [5.74, 6) is -1.01. The molecule has 2 aromatic rings. The minimum atomic E-state index is -3.93. The zero-order valence-electron chi connectivity index (χ0n) is 16.7. The second-order valence-electron chi connectivity index (χ2n) is 6.64. The first kappa shape index (κ1) is 25.1. The highest BCUT2D eigenvalue weighted by atomic mass is 79.9. The fraction of sp³-hybridized carbons (Fsp3) is 0.263. The number of aliphatic carboxylic acids is 1. The Bertz CT molecular complexity index is 1080. The molecular weight excluding hydrogens is 560 g/mol. The van der Waals surface area contributed by atoms with Crippen LogP contribution in [0.4, 0.5) is 0 Å². The van der Waals surface area contributed by atoms with Gasteiger partial charge in [-0.3, -0.25) is 0 Å². The minimum absolute atomic E-state index is 0.184. The van der Waals surface area contributed by atoms with E-state index in [4.69, 9.17) is 14.7 Å². The zero-order valence-corrected chi connectivity index (χ0v) is 20.7. The molecule has 2 aromatic carbocycles. The molecule has 9 nitrogen and oxygen atoms in total. The molecule has 0 aliphatic heterocycles. The van der Waals surface area contributed by atoms with Crippen LogP contribution in [0.1, 0.15) is 26.3 Å². The summed E-state index contributed by atoms with van der Waals surface area (Å²) in [6.45, 7) is 4.69. The number of phenols is 1. The number of carboxylic acid groups (broad SMARTS) is 1. The normalized spacial score (nSPS) is 12.8. The topological polar surface area (TPSA) is 135 Å². The van der Waals surface area contributed by atoms with Gasteiger partial charge in [0.05, 0.1) is 15.2 Å². The molecule has 0 amide bonds. The van der Waals surface area contributed by atoms with E-state index in [2.05, 4.69) is 41.7 Å². The standard InChI is InChI=1S/C19H20Br2N2O7S/c1-10(2)23-31(27,28)17-8-13(4-5-16(17)24)29-18-14(20)6-12(7-15(18)21)9-22-30-11(3)19(25)26/h4-11,23-24H,1-3H3,(H,25,26). The van der Waals surface area contributed by atoms with Crippen LogP contribution in [0.5, 0.6) is 17.2 Å². The van der Waals surface area contributed by atoms with Gasteiger partial charge < -0.3 is 19.8 Å². The van der Waals surface area contributed by atoms with Crippen LogP contribution in [0.3, 0.4) is 0 Å². The van der Waals surface area contributed by atoms with Crippen molar-refractivity contribution in [2.75, 3.05) is 0 Å². The van der Waals surface area contributed by atoms with Crippen LogP contribution in [0.2, 0.25) is 0 Å². The van der Waals surface area contributed by atoms with Crippen LogP contribution in [-0.2, 0) is 19.7 Å². The summed E-state index contributed by atoms with van der Waals surface area (Å²) in [5.41, 5.74) is 0.582. The number of carboxylic acids is 1. The zero-order chi connectivity index (χ0) is 23.3. The Morgan fingerprint density at radius 1 is 1.16 bits per heavy atom. The fourth-order valence-corrected chi connectivity index (χ4v) is 4.99. The SMILES string of the molecule is CC(C)NS(=O)(=O)c1cc(Oc2c(Br)cc(C=NOC(C)C(=O)O)cc2Br)ccc1O. The number of carbonyl (C=O) groups is 1. The lowest BCUT2D eigenvalue weighted by molar-refractivity contribution is -0.149.